The number of nitrogens with one attached hydrogen (secondary N) is 1. The number of halogens is 1. The van der Waals surface area contributed by atoms with Crippen LogP contribution in [0.3, 0.4) is 0 Å². The number of likely N-dealkylation sites (tertiary alicyclic amines) is 1. The lowest BCUT2D eigenvalue weighted by molar-refractivity contribution is -0.145. The first-order chi connectivity index (χ1) is 22.3. The Morgan fingerprint density at radius 1 is 0.957 bits per heavy atom. The number of alkyl carbamates (subject to hydrolysis) is 1. The molecular weight excluding hydrogens is 602 g/mol. The van der Waals surface area contributed by atoms with Crippen LogP contribution in [0.2, 0.25) is 5.02 Å². The molecule has 1 saturated heterocycles. The van der Waals surface area contributed by atoms with Crippen molar-refractivity contribution in [1.29, 1.82) is 0 Å². The number of ether oxygens (including phenoxy) is 1. The van der Waals surface area contributed by atoms with Crippen molar-refractivity contribution in [2.24, 2.45) is 5.92 Å². The van der Waals surface area contributed by atoms with E-state index in [1.807, 2.05) is 42.5 Å². The molecule has 8 nitrogen and oxygen atoms in total. The van der Waals surface area contributed by atoms with Gasteiger partial charge in [0.05, 0.1) is 17.9 Å². The summed E-state index contributed by atoms with van der Waals surface area (Å²) < 4.78 is 5.94. The van der Waals surface area contributed by atoms with E-state index < -0.39 is 23.5 Å². The number of carbonyl (C=O) groups excluding carboxylic acids is 2. The number of pyridine rings is 1. The molecule has 2 N–H and O–H groups in total. The molecule has 0 bridgehead atoms. The van der Waals surface area contributed by atoms with Crippen LogP contribution in [0.15, 0.2) is 97.3 Å². The zero-order valence-electron chi connectivity index (χ0n) is 25.4. The number of piperidine rings is 1. The van der Waals surface area contributed by atoms with E-state index in [0.717, 1.165) is 33.4 Å². The zero-order valence-corrected chi connectivity index (χ0v) is 26.2. The van der Waals surface area contributed by atoms with Crippen molar-refractivity contribution in [3.8, 4) is 11.1 Å². The fourth-order valence-electron chi connectivity index (χ4n) is 6.97. The van der Waals surface area contributed by atoms with E-state index in [2.05, 4.69) is 34.6 Å². The second kappa shape index (κ2) is 13.7. The number of hydrogen-bond acceptors (Lipinski definition) is 5. The van der Waals surface area contributed by atoms with Gasteiger partial charge in [-0.1, -0.05) is 78.3 Å². The molecule has 2 heterocycles. The number of aromatic nitrogens is 1. The minimum atomic E-state index is -1.04. The second-order valence-electron chi connectivity index (χ2n) is 12.3. The average Bonchev–Trinajstić information content (AvgIpc) is 3.38. The molecule has 2 atom stereocenters. The number of nitrogens with zero attached hydrogens (tertiary/aromatic N) is 2. The Bertz CT molecular complexity index is 1670. The SMILES string of the molecule is O=C(O)CC(Cc1cccnc1)C(=O)N1CCCC(Cc2ccc(Cl)cc2)(NC(=O)OCC2c3ccccc3-c3ccccc32)C1. The molecule has 9 heteroatoms. The summed E-state index contributed by atoms with van der Waals surface area (Å²) in [5.41, 5.74) is 5.47. The number of hydrogen-bond donors (Lipinski definition) is 2. The molecule has 3 aromatic carbocycles. The molecule has 0 saturated carbocycles. The summed E-state index contributed by atoms with van der Waals surface area (Å²) in [5.74, 6) is -2.13. The van der Waals surface area contributed by atoms with Gasteiger partial charge in [-0.25, -0.2) is 4.79 Å². The Labute approximate surface area is 273 Å². The van der Waals surface area contributed by atoms with Crippen LogP contribution >= 0.6 is 11.6 Å². The molecule has 2 unspecified atom stereocenters. The monoisotopic (exact) mass is 637 g/mol. The average molecular weight is 638 g/mol. The van der Waals surface area contributed by atoms with Gasteiger partial charge in [0, 0.05) is 36.4 Å². The molecule has 1 aliphatic heterocycles. The summed E-state index contributed by atoms with van der Waals surface area (Å²) in [6.07, 6.45) is 4.41. The quantitative estimate of drug-likeness (QED) is 0.205. The molecular formula is C37H36ClN3O5. The van der Waals surface area contributed by atoms with Crippen LogP contribution in [0.4, 0.5) is 4.79 Å². The summed E-state index contributed by atoms with van der Waals surface area (Å²) in [6.45, 7) is 0.865. The number of benzene rings is 3. The van der Waals surface area contributed by atoms with Crippen molar-refractivity contribution in [2.45, 2.75) is 43.6 Å². The normalized spacial score (nSPS) is 17.9. The van der Waals surface area contributed by atoms with Crippen LogP contribution < -0.4 is 5.32 Å². The zero-order chi connectivity index (χ0) is 32.1. The van der Waals surface area contributed by atoms with E-state index in [9.17, 15) is 19.5 Å². The third kappa shape index (κ3) is 7.07. The topological polar surface area (TPSA) is 109 Å². The standard InChI is InChI=1S/C37H36ClN3O5/c38-28-14-12-25(13-15-28)21-37(16-6-18-41(24-37)35(44)27(20-34(42)43)19-26-7-5-17-39-22-26)40-36(45)46-23-33-31-10-3-1-8-29(31)30-9-2-4-11-32(30)33/h1-5,7-15,17,22,27,33H,6,16,18-21,23-24H2,(H,40,45)(H,42,43). The van der Waals surface area contributed by atoms with Gasteiger partial charge >= 0.3 is 12.1 Å². The van der Waals surface area contributed by atoms with Crippen molar-refractivity contribution in [3.63, 3.8) is 0 Å². The Kier molecular flexibility index (Phi) is 9.35. The summed E-state index contributed by atoms with van der Waals surface area (Å²) in [7, 11) is 0. The summed E-state index contributed by atoms with van der Waals surface area (Å²) in [5, 5.41) is 13.4. The first-order valence-electron chi connectivity index (χ1n) is 15.6. The number of aliphatic carboxylic acids is 1. The fourth-order valence-corrected chi connectivity index (χ4v) is 7.10. The van der Waals surface area contributed by atoms with Crippen LogP contribution in [-0.2, 0) is 27.2 Å². The summed E-state index contributed by atoms with van der Waals surface area (Å²) >= 11 is 6.16. The molecule has 2 aliphatic rings. The predicted octanol–water partition coefficient (Wildman–Crippen LogP) is 6.51. The van der Waals surface area contributed by atoms with Crippen LogP contribution in [0.1, 0.15) is 47.4 Å². The van der Waals surface area contributed by atoms with Gasteiger partial charge in [-0.3, -0.25) is 14.6 Å². The summed E-state index contributed by atoms with van der Waals surface area (Å²) in [6, 6.07) is 27.4. The Morgan fingerprint density at radius 3 is 2.30 bits per heavy atom. The first kappa shape index (κ1) is 31.3. The molecule has 1 fully saturated rings. The maximum atomic E-state index is 13.9. The Morgan fingerprint density at radius 2 is 1.65 bits per heavy atom. The number of carboxylic acids is 1. The molecule has 4 aromatic rings. The second-order valence-corrected chi connectivity index (χ2v) is 12.7. The highest BCUT2D eigenvalue weighted by Crippen LogP contribution is 2.44. The third-order valence-electron chi connectivity index (χ3n) is 9.03. The van der Waals surface area contributed by atoms with E-state index in [-0.39, 0.29) is 37.8 Å². The predicted molar refractivity (Wildman–Crippen MR) is 176 cm³/mol. The molecule has 1 aliphatic carbocycles. The molecule has 1 aromatic heterocycles. The number of amides is 2. The van der Waals surface area contributed by atoms with Crippen LogP contribution in [0.25, 0.3) is 11.1 Å². The molecule has 46 heavy (non-hydrogen) atoms. The lowest BCUT2D eigenvalue weighted by Crippen LogP contribution is -2.61. The highest BCUT2D eigenvalue weighted by atomic mass is 35.5. The lowest BCUT2D eigenvalue weighted by atomic mass is 9.82. The van der Waals surface area contributed by atoms with Gasteiger partial charge < -0.3 is 20.1 Å². The maximum Gasteiger partial charge on any atom is 0.407 e. The Hall–Kier alpha value is -4.69. The van der Waals surface area contributed by atoms with Crippen LogP contribution in [-0.4, -0.2) is 58.2 Å². The van der Waals surface area contributed by atoms with Gasteiger partial charge in [-0.05, 0) is 77.3 Å². The van der Waals surface area contributed by atoms with Crippen LogP contribution in [0.5, 0.6) is 0 Å². The molecule has 0 radical (unpaired) electrons. The van der Waals surface area contributed by atoms with Gasteiger partial charge in [0.25, 0.3) is 0 Å². The number of fused-ring (bicyclic) bond motifs is 3. The number of carboxylic acid groups (broad SMARTS) is 1. The minimum absolute atomic E-state index is 0.0842. The van der Waals surface area contributed by atoms with E-state index in [1.54, 1.807) is 35.5 Å². The van der Waals surface area contributed by atoms with Crippen LogP contribution in [0, 0.1) is 5.92 Å². The van der Waals surface area contributed by atoms with Crippen molar-refractivity contribution in [2.75, 3.05) is 19.7 Å². The first-order valence-corrected chi connectivity index (χ1v) is 16.0. The van der Waals surface area contributed by atoms with Gasteiger partial charge in [0.2, 0.25) is 5.91 Å². The third-order valence-corrected chi connectivity index (χ3v) is 9.28. The minimum Gasteiger partial charge on any atom is -0.481 e. The molecule has 236 valence electrons. The van der Waals surface area contributed by atoms with E-state index in [1.165, 1.54) is 0 Å². The van der Waals surface area contributed by atoms with Crippen molar-refractivity contribution in [3.05, 3.63) is 125 Å². The van der Waals surface area contributed by atoms with Gasteiger partial charge in [-0.2, -0.15) is 0 Å². The van der Waals surface area contributed by atoms with Crippen molar-refractivity contribution in [1.82, 2.24) is 15.2 Å². The van der Waals surface area contributed by atoms with E-state index in [0.29, 0.717) is 30.8 Å². The van der Waals surface area contributed by atoms with Crippen molar-refractivity contribution < 1.29 is 24.2 Å². The Balaban J connectivity index is 1.21. The number of carbonyl (C=O) groups is 3. The van der Waals surface area contributed by atoms with Gasteiger partial charge in [0.1, 0.15) is 6.61 Å². The van der Waals surface area contributed by atoms with E-state index >= 15 is 0 Å². The van der Waals surface area contributed by atoms with Gasteiger partial charge in [0.15, 0.2) is 0 Å². The maximum absolute atomic E-state index is 13.9. The molecule has 6 rings (SSSR count). The van der Waals surface area contributed by atoms with E-state index in [4.69, 9.17) is 16.3 Å². The summed E-state index contributed by atoms with van der Waals surface area (Å²) in [4.78, 5) is 45.1. The highest BCUT2D eigenvalue weighted by molar-refractivity contribution is 6.30. The smallest absolute Gasteiger partial charge is 0.407 e. The highest BCUT2D eigenvalue weighted by Gasteiger charge is 2.41. The number of rotatable bonds is 10. The fraction of sp³-hybridized carbons (Fsp3) is 0.297. The largest absolute Gasteiger partial charge is 0.481 e. The lowest BCUT2D eigenvalue weighted by Gasteiger charge is -2.44. The van der Waals surface area contributed by atoms with Crippen molar-refractivity contribution >= 4 is 29.6 Å². The molecule has 0 spiro atoms. The molecule has 2 amide bonds. The van der Waals surface area contributed by atoms with Gasteiger partial charge in [-0.15, -0.1) is 0 Å².